The van der Waals surface area contributed by atoms with Gasteiger partial charge in [-0.05, 0) is 54.5 Å². The number of thiazole rings is 1. The molecule has 1 saturated carbocycles. The summed E-state index contributed by atoms with van der Waals surface area (Å²) >= 11 is 1.74. The number of ether oxygens (including phenoxy) is 2. The van der Waals surface area contributed by atoms with Gasteiger partial charge in [-0.1, -0.05) is 30.2 Å². The van der Waals surface area contributed by atoms with Gasteiger partial charge in [0.05, 0.1) is 35.3 Å². The SMILES string of the molecule is COCC1CCCCC1CNc1nc2ccc(Cc3cnc4ccc(N5CCOCC5)nn34)cc2s1. The smallest absolute Gasteiger partial charge is 0.183 e. The Kier molecular flexibility index (Phi) is 7.03. The molecule has 8 nitrogen and oxygen atoms in total. The van der Waals surface area contributed by atoms with Crippen molar-refractivity contribution in [3.63, 3.8) is 0 Å². The second-order valence-corrected chi connectivity index (χ2v) is 11.0. The van der Waals surface area contributed by atoms with Crippen LogP contribution < -0.4 is 10.2 Å². The highest BCUT2D eigenvalue weighted by molar-refractivity contribution is 7.22. The first-order valence-electron chi connectivity index (χ1n) is 13.1. The highest BCUT2D eigenvalue weighted by atomic mass is 32.1. The Morgan fingerprint density at radius 1 is 1.11 bits per heavy atom. The van der Waals surface area contributed by atoms with E-state index in [0.717, 1.165) is 73.7 Å². The van der Waals surface area contributed by atoms with Gasteiger partial charge in [0.1, 0.15) is 5.82 Å². The van der Waals surface area contributed by atoms with Gasteiger partial charge in [0.2, 0.25) is 0 Å². The Morgan fingerprint density at radius 2 is 1.97 bits per heavy atom. The summed E-state index contributed by atoms with van der Waals surface area (Å²) in [5.41, 5.74) is 4.25. The summed E-state index contributed by atoms with van der Waals surface area (Å²) in [4.78, 5) is 11.7. The number of aromatic nitrogens is 4. The molecule has 0 bridgehead atoms. The van der Waals surface area contributed by atoms with E-state index in [-0.39, 0.29) is 0 Å². The van der Waals surface area contributed by atoms with E-state index in [1.165, 1.54) is 35.9 Å². The van der Waals surface area contributed by atoms with Crippen molar-refractivity contribution >= 4 is 38.2 Å². The van der Waals surface area contributed by atoms with Crippen LogP contribution in [0.1, 0.15) is 36.9 Å². The number of hydrogen-bond acceptors (Lipinski definition) is 8. The van der Waals surface area contributed by atoms with E-state index in [1.807, 2.05) is 17.8 Å². The van der Waals surface area contributed by atoms with E-state index in [1.54, 1.807) is 11.3 Å². The molecule has 9 heteroatoms. The number of morpholine rings is 1. The van der Waals surface area contributed by atoms with Crippen molar-refractivity contribution in [1.29, 1.82) is 0 Å². The van der Waals surface area contributed by atoms with Crippen molar-refractivity contribution in [3.8, 4) is 0 Å². The van der Waals surface area contributed by atoms with E-state index in [4.69, 9.17) is 19.6 Å². The standard InChI is InChI=1S/C27H34N6O2S/c1-34-18-21-5-3-2-4-20(21)16-29-27-30-23-7-6-19(15-24(23)36-27)14-22-17-28-25-8-9-26(31-33(22)25)32-10-12-35-13-11-32/h6-9,15,17,20-21H,2-5,10-14,16,18H2,1H3,(H,29,30). The minimum absolute atomic E-state index is 0.653. The summed E-state index contributed by atoms with van der Waals surface area (Å²) in [5, 5.41) is 9.55. The van der Waals surface area contributed by atoms with Gasteiger partial charge in [-0.2, -0.15) is 0 Å². The molecular weight excluding hydrogens is 472 g/mol. The van der Waals surface area contributed by atoms with Gasteiger partial charge in [0, 0.05) is 39.8 Å². The fourth-order valence-corrected chi connectivity index (χ4v) is 6.50. The van der Waals surface area contributed by atoms with Crippen LogP contribution in [0.5, 0.6) is 0 Å². The zero-order valence-electron chi connectivity index (χ0n) is 20.9. The van der Waals surface area contributed by atoms with Crippen LogP contribution in [0.4, 0.5) is 10.9 Å². The van der Waals surface area contributed by atoms with Crippen LogP contribution in [0.2, 0.25) is 0 Å². The Morgan fingerprint density at radius 3 is 2.83 bits per heavy atom. The zero-order chi connectivity index (χ0) is 24.3. The molecule has 2 atom stereocenters. The lowest BCUT2D eigenvalue weighted by Gasteiger charge is -2.31. The van der Waals surface area contributed by atoms with E-state index in [2.05, 4.69) is 45.5 Å². The minimum atomic E-state index is 0.653. The lowest BCUT2D eigenvalue weighted by atomic mass is 9.79. The van der Waals surface area contributed by atoms with Crippen LogP contribution in [-0.2, 0) is 15.9 Å². The molecule has 2 fully saturated rings. The number of methoxy groups -OCH3 is 1. The Labute approximate surface area is 215 Å². The van der Waals surface area contributed by atoms with Crippen molar-refractivity contribution < 1.29 is 9.47 Å². The van der Waals surface area contributed by atoms with Crippen LogP contribution in [0.15, 0.2) is 36.5 Å². The molecule has 1 N–H and O–H groups in total. The highest BCUT2D eigenvalue weighted by Crippen LogP contribution is 2.32. The topological polar surface area (TPSA) is 76.8 Å². The van der Waals surface area contributed by atoms with Gasteiger partial charge >= 0.3 is 0 Å². The second-order valence-electron chi connectivity index (χ2n) is 9.95. The Hall–Kier alpha value is -2.75. The number of nitrogens with zero attached hydrogens (tertiary/aromatic N) is 5. The van der Waals surface area contributed by atoms with E-state index >= 15 is 0 Å². The molecule has 4 heterocycles. The summed E-state index contributed by atoms with van der Waals surface area (Å²) in [6.45, 7) is 5.07. The summed E-state index contributed by atoms with van der Waals surface area (Å²) in [7, 11) is 1.82. The predicted octanol–water partition coefficient (Wildman–Crippen LogP) is 4.63. The molecule has 190 valence electrons. The molecule has 1 aliphatic carbocycles. The normalized spacial score (nSPS) is 20.9. The van der Waals surface area contributed by atoms with Crippen LogP contribution in [0.25, 0.3) is 15.9 Å². The molecule has 6 rings (SSSR count). The fourth-order valence-electron chi connectivity index (χ4n) is 5.56. The largest absolute Gasteiger partial charge is 0.384 e. The maximum absolute atomic E-state index is 5.49. The van der Waals surface area contributed by atoms with Crippen LogP contribution in [0, 0.1) is 11.8 Å². The van der Waals surface area contributed by atoms with Gasteiger partial charge in [-0.3, -0.25) is 0 Å². The van der Waals surface area contributed by atoms with E-state index in [0.29, 0.717) is 11.8 Å². The molecule has 3 aromatic heterocycles. The molecule has 1 aromatic carbocycles. The first-order chi connectivity index (χ1) is 17.8. The number of rotatable bonds is 8. The number of fused-ring (bicyclic) bond motifs is 2. The van der Waals surface area contributed by atoms with Gasteiger partial charge in [-0.25, -0.2) is 14.5 Å². The maximum atomic E-state index is 5.49. The van der Waals surface area contributed by atoms with Crippen LogP contribution in [-0.4, -0.2) is 66.1 Å². The number of anilines is 2. The first kappa shape index (κ1) is 23.6. The summed E-state index contributed by atoms with van der Waals surface area (Å²) in [6, 6.07) is 10.7. The molecule has 1 aliphatic heterocycles. The van der Waals surface area contributed by atoms with Crippen molar-refractivity contribution in [2.75, 3.05) is 56.8 Å². The number of benzene rings is 1. The van der Waals surface area contributed by atoms with Crippen LogP contribution in [0.3, 0.4) is 0 Å². The lowest BCUT2D eigenvalue weighted by molar-refractivity contribution is 0.0985. The molecule has 0 amide bonds. The van der Waals surface area contributed by atoms with E-state index in [9.17, 15) is 0 Å². The molecule has 0 radical (unpaired) electrons. The average Bonchev–Trinajstić information content (AvgIpc) is 3.52. The molecule has 2 aliphatic rings. The van der Waals surface area contributed by atoms with Gasteiger partial charge < -0.3 is 19.7 Å². The van der Waals surface area contributed by atoms with Gasteiger partial charge in [0.15, 0.2) is 10.8 Å². The van der Waals surface area contributed by atoms with Gasteiger partial charge in [0.25, 0.3) is 0 Å². The third kappa shape index (κ3) is 5.05. The number of imidazole rings is 1. The predicted molar refractivity (Wildman–Crippen MR) is 144 cm³/mol. The quantitative estimate of drug-likeness (QED) is 0.373. The summed E-state index contributed by atoms with van der Waals surface area (Å²) in [6.07, 6.45) is 7.91. The summed E-state index contributed by atoms with van der Waals surface area (Å²) < 4.78 is 14.2. The van der Waals surface area contributed by atoms with Gasteiger partial charge in [-0.15, -0.1) is 5.10 Å². The minimum Gasteiger partial charge on any atom is -0.384 e. The molecule has 4 aromatic rings. The maximum Gasteiger partial charge on any atom is 0.183 e. The van der Waals surface area contributed by atoms with Crippen molar-refractivity contribution in [2.24, 2.45) is 11.8 Å². The average molecular weight is 507 g/mol. The zero-order valence-corrected chi connectivity index (χ0v) is 21.7. The van der Waals surface area contributed by atoms with Crippen molar-refractivity contribution in [3.05, 3.63) is 47.8 Å². The van der Waals surface area contributed by atoms with E-state index < -0.39 is 0 Å². The third-order valence-electron chi connectivity index (χ3n) is 7.55. The molecule has 0 spiro atoms. The molecule has 2 unspecified atom stereocenters. The molecule has 1 saturated heterocycles. The monoisotopic (exact) mass is 506 g/mol. The van der Waals surface area contributed by atoms with Crippen LogP contribution >= 0.6 is 11.3 Å². The first-order valence-corrected chi connectivity index (χ1v) is 13.9. The molecule has 36 heavy (non-hydrogen) atoms. The third-order valence-corrected chi connectivity index (χ3v) is 8.53. The number of hydrogen-bond donors (Lipinski definition) is 1. The van der Waals surface area contributed by atoms with Crippen molar-refractivity contribution in [2.45, 2.75) is 32.1 Å². The van der Waals surface area contributed by atoms with Crippen molar-refractivity contribution in [1.82, 2.24) is 19.6 Å². The summed E-state index contributed by atoms with van der Waals surface area (Å²) in [5.74, 6) is 2.29. The fraction of sp³-hybridized carbons (Fsp3) is 0.519. The number of nitrogens with one attached hydrogen (secondary N) is 1. The molecular formula is C27H34N6O2S. The lowest BCUT2D eigenvalue weighted by Crippen LogP contribution is -2.37. The Bertz CT molecular complexity index is 1310. The Balaban J connectivity index is 1.16. The second kappa shape index (κ2) is 10.7. The highest BCUT2D eigenvalue weighted by Gasteiger charge is 2.25.